The fraction of sp³-hybridized carbons (Fsp3) is 0.360. The molecule has 0 unspecified atom stereocenters. The number of aromatic nitrogens is 7. The fourth-order valence-corrected chi connectivity index (χ4v) is 4.00. The molecule has 1 aliphatic carbocycles. The van der Waals surface area contributed by atoms with Gasteiger partial charge in [0.1, 0.15) is 24.2 Å². The summed E-state index contributed by atoms with van der Waals surface area (Å²) in [6, 6.07) is 2.78. The molecule has 4 aromatic heterocycles. The van der Waals surface area contributed by atoms with Gasteiger partial charge in [-0.15, -0.1) is 0 Å². The van der Waals surface area contributed by atoms with Crippen LogP contribution < -0.4 is 9.47 Å². The third kappa shape index (κ3) is 5.13. The predicted molar refractivity (Wildman–Crippen MR) is 127 cm³/mol. The third-order valence-corrected chi connectivity index (χ3v) is 5.96. The zero-order valence-corrected chi connectivity index (χ0v) is 20.8. The van der Waals surface area contributed by atoms with E-state index in [1.165, 1.54) is 24.2 Å². The molecule has 0 N–H and O–H groups in total. The number of halogens is 4. The van der Waals surface area contributed by atoms with Crippen LogP contribution in [-0.2, 0) is 19.3 Å². The lowest BCUT2D eigenvalue weighted by atomic mass is 10.1. The van der Waals surface area contributed by atoms with Crippen molar-refractivity contribution in [3.63, 3.8) is 0 Å². The van der Waals surface area contributed by atoms with E-state index >= 15 is 0 Å². The Morgan fingerprint density at radius 3 is 2.53 bits per heavy atom. The highest BCUT2D eigenvalue weighted by molar-refractivity contribution is 5.66. The van der Waals surface area contributed by atoms with Crippen LogP contribution in [0.5, 0.6) is 11.8 Å². The van der Waals surface area contributed by atoms with E-state index in [0.717, 1.165) is 30.8 Å². The van der Waals surface area contributed by atoms with E-state index in [0.29, 0.717) is 34.4 Å². The van der Waals surface area contributed by atoms with E-state index in [2.05, 4.69) is 29.9 Å². The second-order valence-electron chi connectivity index (χ2n) is 8.78. The second kappa shape index (κ2) is 9.95. The van der Waals surface area contributed by atoms with Gasteiger partial charge >= 0.3 is 6.18 Å². The van der Waals surface area contributed by atoms with Gasteiger partial charge < -0.3 is 14.0 Å². The maximum Gasteiger partial charge on any atom is 0.434 e. The molecule has 0 atom stereocenters. The van der Waals surface area contributed by atoms with E-state index in [1.807, 2.05) is 0 Å². The fourth-order valence-electron chi connectivity index (χ4n) is 4.00. The molecular weight excluding hydrogens is 506 g/mol. The number of rotatable bonds is 8. The monoisotopic (exact) mass is 529 g/mol. The molecule has 9 nitrogen and oxygen atoms in total. The number of methoxy groups -OCH3 is 1. The molecule has 13 heteroatoms. The number of pyridine rings is 1. The van der Waals surface area contributed by atoms with Gasteiger partial charge in [-0.05, 0) is 32.8 Å². The first-order valence-electron chi connectivity index (χ1n) is 11.8. The molecule has 0 aromatic carbocycles. The predicted octanol–water partition coefficient (Wildman–Crippen LogP) is 5.14. The zero-order valence-electron chi connectivity index (χ0n) is 20.8. The van der Waals surface area contributed by atoms with Crippen LogP contribution in [0.25, 0.3) is 22.9 Å². The SMILES string of the molecule is CCn1cc(C(F)(F)F)nc1-c1ncc(COc2cc(C)nc(-c3c(OC)ncnc3C3CC3)n2)cc1F. The number of nitrogens with zero attached hydrogens (tertiary/aromatic N) is 7. The molecule has 0 saturated heterocycles. The first-order chi connectivity index (χ1) is 18.2. The van der Waals surface area contributed by atoms with E-state index in [-0.39, 0.29) is 30.5 Å². The van der Waals surface area contributed by atoms with Crippen LogP contribution in [0.2, 0.25) is 0 Å². The van der Waals surface area contributed by atoms with Crippen molar-refractivity contribution in [2.24, 2.45) is 0 Å². The topological polar surface area (TPSA) is 101 Å². The van der Waals surface area contributed by atoms with Gasteiger partial charge in [0.2, 0.25) is 11.8 Å². The van der Waals surface area contributed by atoms with Crippen molar-refractivity contribution in [2.75, 3.05) is 7.11 Å². The average Bonchev–Trinajstić information content (AvgIpc) is 3.64. The molecule has 198 valence electrons. The van der Waals surface area contributed by atoms with Gasteiger partial charge in [-0.1, -0.05) is 0 Å². The number of aryl methyl sites for hydroxylation is 2. The van der Waals surface area contributed by atoms with Crippen molar-refractivity contribution < 1.29 is 27.0 Å². The lowest BCUT2D eigenvalue weighted by molar-refractivity contribution is -0.140. The number of imidazole rings is 1. The van der Waals surface area contributed by atoms with Crippen LogP contribution in [0.3, 0.4) is 0 Å². The van der Waals surface area contributed by atoms with Gasteiger partial charge in [0.05, 0.1) is 12.8 Å². The lowest BCUT2D eigenvalue weighted by Gasteiger charge is -2.13. The summed E-state index contributed by atoms with van der Waals surface area (Å²) < 4.78 is 66.7. The molecular formula is C25H23F4N7O2. The van der Waals surface area contributed by atoms with E-state index < -0.39 is 17.7 Å². The Hall–Kier alpha value is -4.16. The standard InChI is InChI=1S/C25H23F4N7O2/c1-4-36-10-17(25(27,28)29)34-23(36)21-16(26)8-14(9-30-21)11-38-18-7-13(2)33-22(35-18)19-20(15-5-6-15)31-12-32-24(19)37-3/h7-10,12,15H,4-6,11H2,1-3H3. The van der Waals surface area contributed by atoms with Gasteiger partial charge in [-0.25, -0.2) is 29.3 Å². The van der Waals surface area contributed by atoms with Crippen molar-refractivity contribution in [2.45, 2.75) is 51.9 Å². The molecule has 4 aromatic rings. The molecule has 0 aliphatic heterocycles. The Kier molecular flexibility index (Phi) is 6.67. The number of alkyl halides is 3. The normalized spacial score (nSPS) is 13.6. The van der Waals surface area contributed by atoms with E-state index in [4.69, 9.17) is 9.47 Å². The molecule has 1 fully saturated rings. The minimum absolute atomic E-state index is 0.0893. The first kappa shape index (κ1) is 25.5. The molecule has 38 heavy (non-hydrogen) atoms. The number of hydrogen-bond acceptors (Lipinski definition) is 8. The smallest absolute Gasteiger partial charge is 0.434 e. The summed E-state index contributed by atoms with van der Waals surface area (Å²) in [6.07, 6.45) is 0.979. The van der Waals surface area contributed by atoms with E-state index in [9.17, 15) is 17.6 Å². The summed E-state index contributed by atoms with van der Waals surface area (Å²) in [5.74, 6) is 0.219. The quantitative estimate of drug-likeness (QED) is 0.289. The van der Waals surface area contributed by atoms with Crippen LogP contribution in [-0.4, -0.2) is 41.6 Å². The van der Waals surface area contributed by atoms with Crippen molar-refractivity contribution in [1.29, 1.82) is 0 Å². The average molecular weight is 529 g/mol. The number of ether oxygens (including phenoxy) is 2. The minimum Gasteiger partial charge on any atom is -0.480 e. The summed E-state index contributed by atoms with van der Waals surface area (Å²) in [4.78, 5) is 25.2. The van der Waals surface area contributed by atoms with Crippen molar-refractivity contribution in [1.82, 2.24) is 34.5 Å². The molecule has 0 radical (unpaired) electrons. The van der Waals surface area contributed by atoms with Crippen molar-refractivity contribution >= 4 is 0 Å². The maximum atomic E-state index is 14.9. The summed E-state index contributed by atoms with van der Waals surface area (Å²) in [5.41, 5.74) is 1.01. The van der Waals surface area contributed by atoms with Gasteiger partial charge in [0.25, 0.3) is 0 Å². The second-order valence-corrected chi connectivity index (χ2v) is 8.78. The van der Waals surface area contributed by atoms with Crippen LogP contribution in [0.15, 0.2) is 30.9 Å². The van der Waals surface area contributed by atoms with Gasteiger partial charge in [-0.2, -0.15) is 18.2 Å². The summed E-state index contributed by atoms with van der Waals surface area (Å²) in [5, 5.41) is 0. The Balaban J connectivity index is 1.39. The van der Waals surface area contributed by atoms with Crippen LogP contribution in [0.1, 0.15) is 48.3 Å². The highest BCUT2D eigenvalue weighted by Gasteiger charge is 2.35. The summed E-state index contributed by atoms with van der Waals surface area (Å²) in [7, 11) is 1.51. The summed E-state index contributed by atoms with van der Waals surface area (Å²) >= 11 is 0. The molecule has 1 aliphatic rings. The molecule has 0 amide bonds. The Morgan fingerprint density at radius 1 is 1.08 bits per heavy atom. The highest BCUT2D eigenvalue weighted by Crippen LogP contribution is 2.45. The van der Waals surface area contributed by atoms with Crippen LogP contribution >= 0.6 is 0 Å². The van der Waals surface area contributed by atoms with Crippen LogP contribution in [0.4, 0.5) is 17.6 Å². The Bertz CT molecular complexity index is 1490. The number of hydrogen-bond donors (Lipinski definition) is 0. The maximum absolute atomic E-state index is 14.9. The molecule has 5 rings (SSSR count). The Morgan fingerprint density at radius 2 is 1.87 bits per heavy atom. The molecule has 0 bridgehead atoms. The highest BCUT2D eigenvalue weighted by atomic mass is 19.4. The third-order valence-electron chi connectivity index (χ3n) is 5.96. The van der Waals surface area contributed by atoms with E-state index in [1.54, 1.807) is 19.9 Å². The van der Waals surface area contributed by atoms with Gasteiger partial charge in [0, 0.05) is 42.2 Å². The lowest BCUT2D eigenvalue weighted by Crippen LogP contribution is -2.06. The van der Waals surface area contributed by atoms with Crippen molar-refractivity contribution in [3.8, 4) is 34.7 Å². The molecule has 0 spiro atoms. The molecule has 1 saturated carbocycles. The largest absolute Gasteiger partial charge is 0.480 e. The first-order valence-corrected chi connectivity index (χ1v) is 11.8. The zero-order chi connectivity index (χ0) is 27.0. The van der Waals surface area contributed by atoms with Crippen molar-refractivity contribution in [3.05, 3.63) is 59.3 Å². The molecule has 4 heterocycles. The van der Waals surface area contributed by atoms with Gasteiger partial charge in [0.15, 0.2) is 23.2 Å². The van der Waals surface area contributed by atoms with Gasteiger partial charge in [-0.3, -0.25) is 0 Å². The summed E-state index contributed by atoms with van der Waals surface area (Å²) in [6.45, 7) is 3.49. The minimum atomic E-state index is -4.65. The van der Waals surface area contributed by atoms with Crippen LogP contribution in [0, 0.1) is 12.7 Å². The Labute approximate surface area is 215 Å².